The van der Waals surface area contributed by atoms with E-state index in [9.17, 15) is 19.8 Å². The van der Waals surface area contributed by atoms with E-state index >= 15 is 0 Å². The summed E-state index contributed by atoms with van der Waals surface area (Å²) in [5.41, 5.74) is 0. The summed E-state index contributed by atoms with van der Waals surface area (Å²) < 4.78 is 0. The summed E-state index contributed by atoms with van der Waals surface area (Å²) in [7, 11) is 0. The van der Waals surface area contributed by atoms with Crippen LogP contribution in [0.4, 0.5) is 0 Å². The van der Waals surface area contributed by atoms with Gasteiger partial charge in [-0.15, -0.1) is 0 Å². The highest BCUT2D eigenvalue weighted by atomic mass is 16.4. The van der Waals surface area contributed by atoms with E-state index < -0.39 is 11.9 Å². The molecule has 0 heterocycles. The fourth-order valence-corrected chi connectivity index (χ4v) is 4.82. The van der Waals surface area contributed by atoms with Gasteiger partial charge in [0.05, 0.1) is 11.8 Å². The largest absolute Gasteiger partial charge is 0.481 e. The molecule has 2 N–H and O–H groups in total. The number of carboxylic acids is 2. The fraction of sp³-hybridized carbons (Fsp3) is 0.875. The Balaban J connectivity index is 2.20. The minimum Gasteiger partial charge on any atom is -0.481 e. The zero-order valence-corrected chi connectivity index (χ0v) is 12.4. The number of hydrogen-bond acceptors (Lipinski definition) is 2. The Morgan fingerprint density at radius 1 is 0.950 bits per heavy atom. The molecule has 0 aromatic rings. The van der Waals surface area contributed by atoms with Crippen molar-refractivity contribution in [1.29, 1.82) is 0 Å². The molecule has 2 fully saturated rings. The zero-order valence-electron chi connectivity index (χ0n) is 12.4. The maximum absolute atomic E-state index is 11.5. The molecule has 4 nitrogen and oxygen atoms in total. The summed E-state index contributed by atoms with van der Waals surface area (Å²) in [6.07, 6.45) is 5.15. The maximum atomic E-state index is 11.5. The molecule has 2 aliphatic rings. The standard InChI is InChI=1S/C16H26O4/c1-3-9-7-10-5-6-12(15(17)18)11(4-2)13(10)8-14(9)16(19)20/h9-14H,3-8H2,1-2H3,(H,17,18)(H,19,20). The Labute approximate surface area is 120 Å². The second-order valence-corrected chi connectivity index (χ2v) is 6.60. The van der Waals surface area contributed by atoms with Crippen LogP contribution in [0.5, 0.6) is 0 Å². The van der Waals surface area contributed by atoms with Gasteiger partial charge < -0.3 is 10.2 Å². The molecular weight excluding hydrogens is 256 g/mol. The molecule has 2 rings (SSSR count). The van der Waals surface area contributed by atoms with Crippen LogP contribution >= 0.6 is 0 Å². The van der Waals surface area contributed by atoms with Crippen LogP contribution in [0.25, 0.3) is 0 Å². The lowest BCUT2D eigenvalue weighted by Gasteiger charge is -2.48. The average Bonchev–Trinajstić information content (AvgIpc) is 2.43. The number of hydrogen-bond donors (Lipinski definition) is 2. The van der Waals surface area contributed by atoms with Gasteiger partial charge in [-0.25, -0.2) is 0 Å². The molecule has 2 aliphatic carbocycles. The number of fused-ring (bicyclic) bond motifs is 1. The molecule has 0 aromatic heterocycles. The third-order valence-electron chi connectivity index (χ3n) is 5.85. The van der Waals surface area contributed by atoms with Gasteiger partial charge in [0.15, 0.2) is 0 Å². The van der Waals surface area contributed by atoms with Crippen LogP contribution < -0.4 is 0 Å². The lowest BCUT2D eigenvalue weighted by molar-refractivity contribution is -0.152. The first-order valence-electron chi connectivity index (χ1n) is 7.95. The first kappa shape index (κ1) is 15.3. The second kappa shape index (κ2) is 6.15. The third kappa shape index (κ3) is 2.70. The summed E-state index contributed by atoms with van der Waals surface area (Å²) in [5.74, 6) is -0.674. The van der Waals surface area contributed by atoms with E-state index in [1.807, 2.05) is 6.92 Å². The predicted molar refractivity (Wildman–Crippen MR) is 75.3 cm³/mol. The highest BCUT2D eigenvalue weighted by Gasteiger charge is 2.47. The van der Waals surface area contributed by atoms with E-state index in [2.05, 4.69) is 6.92 Å². The van der Waals surface area contributed by atoms with E-state index in [-0.39, 0.29) is 23.7 Å². The second-order valence-electron chi connectivity index (χ2n) is 6.60. The Kier molecular flexibility index (Phi) is 4.71. The van der Waals surface area contributed by atoms with E-state index in [1.165, 1.54) is 0 Å². The van der Waals surface area contributed by atoms with Crippen molar-refractivity contribution in [3.63, 3.8) is 0 Å². The number of aliphatic carboxylic acids is 2. The highest BCUT2D eigenvalue weighted by Crippen LogP contribution is 2.51. The normalized spacial score (nSPS) is 40.9. The van der Waals surface area contributed by atoms with Gasteiger partial charge in [0, 0.05) is 0 Å². The Morgan fingerprint density at radius 3 is 2.10 bits per heavy atom. The molecule has 20 heavy (non-hydrogen) atoms. The first-order chi connectivity index (χ1) is 9.49. The van der Waals surface area contributed by atoms with Crippen molar-refractivity contribution in [1.82, 2.24) is 0 Å². The molecule has 6 atom stereocenters. The van der Waals surface area contributed by atoms with E-state index in [4.69, 9.17) is 0 Å². The summed E-state index contributed by atoms with van der Waals surface area (Å²) in [6.45, 7) is 4.12. The lowest BCUT2D eigenvalue weighted by atomic mass is 9.56. The SMILES string of the molecule is CCC1CC2CCC(C(=O)O)C(CC)C2CC1C(=O)O. The van der Waals surface area contributed by atoms with Crippen LogP contribution in [0.2, 0.25) is 0 Å². The van der Waals surface area contributed by atoms with Gasteiger partial charge in [0.25, 0.3) is 0 Å². The van der Waals surface area contributed by atoms with Gasteiger partial charge in [0.2, 0.25) is 0 Å². The van der Waals surface area contributed by atoms with Crippen LogP contribution in [0.3, 0.4) is 0 Å². The lowest BCUT2D eigenvalue weighted by Crippen LogP contribution is -2.45. The van der Waals surface area contributed by atoms with Crippen LogP contribution in [0.1, 0.15) is 52.4 Å². The third-order valence-corrected chi connectivity index (χ3v) is 5.85. The van der Waals surface area contributed by atoms with Crippen molar-refractivity contribution < 1.29 is 19.8 Å². The molecule has 2 saturated carbocycles. The molecule has 0 amide bonds. The van der Waals surface area contributed by atoms with Crippen LogP contribution in [0, 0.1) is 35.5 Å². The van der Waals surface area contributed by atoms with E-state index in [1.54, 1.807) is 0 Å². The van der Waals surface area contributed by atoms with Crippen molar-refractivity contribution in [3.05, 3.63) is 0 Å². The van der Waals surface area contributed by atoms with Crippen molar-refractivity contribution in [2.24, 2.45) is 35.5 Å². The molecule has 0 spiro atoms. The fourth-order valence-electron chi connectivity index (χ4n) is 4.82. The maximum Gasteiger partial charge on any atom is 0.306 e. The average molecular weight is 282 g/mol. The summed E-state index contributed by atoms with van der Waals surface area (Å²) in [5, 5.41) is 18.8. The minimum atomic E-state index is -0.695. The molecule has 0 bridgehead atoms. The predicted octanol–water partition coefficient (Wildman–Crippen LogP) is 3.26. The molecule has 0 aromatic carbocycles. The molecule has 0 aliphatic heterocycles. The van der Waals surface area contributed by atoms with Gasteiger partial charge in [-0.05, 0) is 49.4 Å². The summed E-state index contributed by atoms with van der Waals surface area (Å²) >= 11 is 0. The van der Waals surface area contributed by atoms with Crippen LogP contribution in [-0.4, -0.2) is 22.2 Å². The summed E-state index contributed by atoms with van der Waals surface area (Å²) in [4.78, 5) is 22.9. The van der Waals surface area contributed by atoms with Crippen LogP contribution in [-0.2, 0) is 9.59 Å². The van der Waals surface area contributed by atoms with Crippen LogP contribution in [0.15, 0.2) is 0 Å². The van der Waals surface area contributed by atoms with Gasteiger partial charge in [-0.1, -0.05) is 26.7 Å². The van der Waals surface area contributed by atoms with Crippen molar-refractivity contribution >= 4 is 11.9 Å². The Hall–Kier alpha value is -1.06. The van der Waals surface area contributed by atoms with Crippen molar-refractivity contribution in [3.8, 4) is 0 Å². The number of carboxylic acid groups (broad SMARTS) is 2. The van der Waals surface area contributed by atoms with E-state index in [0.717, 1.165) is 32.1 Å². The van der Waals surface area contributed by atoms with Crippen molar-refractivity contribution in [2.75, 3.05) is 0 Å². The minimum absolute atomic E-state index is 0.158. The highest BCUT2D eigenvalue weighted by molar-refractivity contribution is 5.71. The molecule has 4 heteroatoms. The smallest absolute Gasteiger partial charge is 0.306 e. The van der Waals surface area contributed by atoms with E-state index in [0.29, 0.717) is 18.3 Å². The zero-order chi connectivity index (χ0) is 14.9. The Morgan fingerprint density at radius 2 is 1.60 bits per heavy atom. The Bertz CT molecular complexity index is 379. The molecule has 0 radical (unpaired) electrons. The quantitative estimate of drug-likeness (QED) is 0.830. The number of rotatable bonds is 4. The first-order valence-corrected chi connectivity index (χ1v) is 7.95. The monoisotopic (exact) mass is 282 g/mol. The van der Waals surface area contributed by atoms with Gasteiger partial charge >= 0.3 is 11.9 Å². The van der Waals surface area contributed by atoms with Crippen molar-refractivity contribution in [2.45, 2.75) is 52.4 Å². The topological polar surface area (TPSA) is 74.6 Å². The van der Waals surface area contributed by atoms with Gasteiger partial charge in [-0.2, -0.15) is 0 Å². The van der Waals surface area contributed by atoms with Gasteiger partial charge in [0.1, 0.15) is 0 Å². The summed E-state index contributed by atoms with van der Waals surface area (Å²) in [6, 6.07) is 0. The molecule has 0 saturated heterocycles. The molecule has 114 valence electrons. The van der Waals surface area contributed by atoms with Gasteiger partial charge in [-0.3, -0.25) is 9.59 Å². The number of carbonyl (C=O) groups is 2. The molecule has 6 unspecified atom stereocenters. The molecular formula is C16H26O4.